The summed E-state index contributed by atoms with van der Waals surface area (Å²) in [6.45, 7) is 0. The molecule has 0 saturated carbocycles. The molecule has 0 aliphatic carbocycles. The van der Waals surface area contributed by atoms with Gasteiger partial charge in [-0.05, 0) is 0 Å². The molecular weight excluding hydrogens is 262 g/mol. The van der Waals surface area contributed by atoms with Crippen molar-refractivity contribution in [2.24, 2.45) is 0 Å². The summed E-state index contributed by atoms with van der Waals surface area (Å²) in [6, 6.07) is 0. The Labute approximate surface area is 55.4 Å². The monoisotopic (exact) mass is 272 g/mol. The van der Waals surface area contributed by atoms with Crippen LogP contribution >= 0.6 is 12.6 Å². The van der Waals surface area contributed by atoms with E-state index in [9.17, 15) is 0 Å². The van der Waals surface area contributed by atoms with Crippen LogP contribution in [0.2, 0.25) is 13.6 Å². The van der Waals surface area contributed by atoms with E-state index in [2.05, 4.69) is 17.5 Å². The summed E-state index contributed by atoms with van der Waals surface area (Å²) in [5.41, 5.74) is 0. The zero-order valence-electron chi connectivity index (χ0n) is 4.71. The zero-order valence-corrected chi connectivity index (χ0v) is 9.15. The van der Waals surface area contributed by atoms with Crippen molar-refractivity contribution in [2.75, 3.05) is 0 Å². The molecule has 1 rings (SSSR count). The van der Waals surface area contributed by atoms with Crippen LogP contribution in [0.4, 0.5) is 0 Å². The predicted octanol–water partition coefficient (Wildman–Crippen LogP) is 2.48. The fourth-order valence-corrected chi connectivity index (χ4v) is 11.2. The topological polar surface area (TPSA) is 0 Å². The first-order valence-corrected chi connectivity index (χ1v) is 16.2. The van der Waals surface area contributed by atoms with Gasteiger partial charge in [0.15, 0.2) is 0 Å². The van der Waals surface area contributed by atoms with E-state index in [-0.39, 0.29) is 0 Å². The van der Waals surface area contributed by atoms with Crippen molar-refractivity contribution in [3.8, 4) is 0 Å². The van der Waals surface area contributed by atoms with Gasteiger partial charge < -0.3 is 0 Å². The first kappa shape index (κ1) is 6.42. The molecular formula is C5H12BrSb. The minimum absolute atomic E-state index is 1.36. The Bertz CT molecular complexity index is 62.5. The third-order valence-corrected chi connectivity index (χ3v) is 14.9. The first-order chi connectivity index (χ1) is 3.21. The van der Waals surface area contributed by atoms with Crippen LogP contribution in [0.5, 0.6) is 0 Å². The molecule has 1 aliphatic heterocycles. The van der Waals surface area contributed by atoms with Crippen molar-refractivity contribution in [1.82, 2.24) is 0 Å². The molecule has 0 aromatic carbocycles. The molecule has 7 heavy (non-hydrogen) atoms. The van der Waals surface area contributed by atoms with E-state index in [4.69, 9.17) is 0 Å². The Hall–Kier alpha value is 1.30. The van der Waals surface area contributed by atoms with Gasteiger partial charge in [-0.2, -0.15) is 0 Å². The van der Waals surface area contributed by atoms with Crippen molar-refractivity contribution < 1.29 is 0 Å². The molecule has 0 atom stereocenters. The predicted molar refractivity (Wildman–Crippen MR) is 40.8 cm³/mol. The average Bonchev–Trinajstić information content (AvgIpc) is 1.84. The molecule has 1 fully saturated rings. The Kier molecular flexibility index (Phi) is 2.08. The number of hydrogen-bond donors (Lipinski definition) is 0. The van der Waals surface area contributed by atoms with Crippen LogP contribution in [0.15, 0.2) is 0 Å². The molecule has 0 N–H and O–H groups in total. The minimum atomic E-state index is -1.36. The van der Waals surface area contributed by atoms with E-state index in [1.807, 2.05) is 0 Å². The van der Waals surface area contributed by atoms with Gasteiger partial charge in [0.2, 0.25) is 0 Å². The summed E-state index contributed by atoms with van der Waals surface area (Å²) in [7, 11) is 0. The summed E-state index contributed by atoms with van der Waals surface area (Å²) in [6.07, 6.45) is 3.02. The summed E-state index contributed by atoms with van der Waals surface area (Å²) in [5.74, 6) is 0. The van der Waals surface area contributed by atoms with Gasteiger partial charge in [0, 0.05) is 0 Å². The van der Waals surface area contributed by atoms with Gasteiger partial charge in [-0.15, -0.1) is 0 Å². The second-order valence-electron chi connectivity index (χ2n) is 2.62. The Balaban J connectivity index is 2.40. The van der Waals surface area contributed by atoms with Gasteiger partial charge in [0.25, 0.3) is 0 Å². The third kappa shape index (κ3) is 1.93. The summed E-state index contributed by atoms with van der Waals surface area (Å²) >= 11 is 2.49. The van der Waals surface area contributed by atoms with Crippen LogP contribution in [0.1, 0.15) is 12.8 Å². The van der Waals surface area contributed by atoms with Gasteiger partial charge in [-0.25, -0.2) is 0 Å². The molecule has 0 nitrogen and oxygen atoms in total. The van der Waals surface area contributed by atoms with Crippen molar-refractivity contribution in [3.05, 3.63) is 0 Å². The fraction of sp³-hybridized carbons (Fsp3) is 1.00. The number of hydrogen-bond acceptors (Lipinski definition) is 0. The standard InChI is InChI=1S/C4H8.CH3.BrH.Sb.H/c1-3-4-2;;;;/h1-4H2;1H3;1H;;/q;;;+1;/p-1. The van der Waals surface area contributed by atoms with E-state index in [1.54, 1.807) is 8.73 Å². The maximum atomic E-state index is 3.85. The quantitative estimate of drug-likeness (QED) is 0.595. The zero-order chi connectivity index (χ0) is 5.33. The second kappa shape index (κ2) is 2.27. The second-order valence-corrected chi connectivity index (χ2v) is 26.4. The number of halogens is 1. The molecule has 0 aromatic rings. The molecule has 1 saturated heterocycles. The summed E-state index contributed by atoms with van der Waals surface area (Å²) < 4.78 is 3.16. The molecule has 1 aliphatic rings. The van der Waals surface area contributed by atoms with Crippen LogP contribution in [0.25, 0.3) is 0 Å². The Morgan fingerprint density at radius 2 is 1.71 bits per heavy atom. The molecule has 0 spiro atoms. The van der Waals surface area contributed by atoms with Crippen LogP contribution in [0.3, 0.4) is 0 Å². The summed E-state index contributed by atoms with van der Waals surface area (Å²) in [4.78, 5) is 2.49. The average molecular weight is 274 g/mol. The van der Waals surface area contributed by atoms with Crippen LogP contribution in [-0.4, -0.2) is 16.6 Å². The maximum absolute atomic E-state index is 3.85. The molecule has 0 bridgehead atoms. The van der Waals surface area contributed by atoms with Gasteiger partial charge in [-0.3, -0.25) is 0 Å². The van der Waals surface area contributed by atoms with Crippen LogP contribution in [-0.2, 0) is 0 Å². The van der Waals surface area contributed by atoms with Gasteiger partial charge >= 0.3 is 55.6 Å². The van der Waals surface area contributed by atoms with E-state index in [1.165, 1.54) is 12.8 Å². The number of rotatable bonds is 0. The van der Waals surface area contributed by atoms with Crippen molar-refractivity contribution >= 4 is 29.1 Å². The van der Waals surface area contributed by atoms with Crippen LogP contribution in [0, 0.1) is 0 Å². The van der Waals surface area contributed by atoms with Crippen LogP contribution < -0.4 is 0 Å². The van der Waals surface area contributed by atoms with Gasteiger partial charge in [0.05, 0.1) is 0 Å². The van der Waals surface area contributed by atoms with Crippen molar-refractivity contribution in [1.29, 1.82) is 0 Å². The van der Waals surface area contributed by atoms with Crippen molar-refractivity contribution in [2.45, 2.75) is 26.4 Å². The molecule has 1 heterocycles. The molecule has 0 aromatic heterocycles. The van der Waals surface area contributed by atoms with E-state index >= 15 is 0 Å². The van der Waals surface area contributed by atoms with E-state index in [0.717, 1.165) is 0 Å². The first-order valence-electron chi connectivity index (χ1n) is 2.90. The molecule has 0 unspecified atom stereocenters. The normalized spacial score (nSPS) is 32.9. The van der Waals surface area contributed by atoms with E-state index in [0.29, 0.717) is 0 Å². The molecule has 0 radical (unpaired) electrons. The molecule has 44 valence electrons. The van der Waals surface area contributed by atoms with Gasteiger partial charge in [-0.1, -0.05) is 0 Å². The summed E-state index contributed by atoms with van der Waals surface area (Å²) in [5, 5.41) is 0. The third-order valence-electron chi connectivity index (χ3n) is 1.65. The van der Waals surface area contributed by atoms with Crippen molar-refractivity contribution in [3.63, 3.8) is 0 Å². The fourth-order valence-electron chi connectivity index (χ4n) is 1.11. The van der Waals surface area contributed by atoms with E-state index < -0.39 is 16.6 Å². The molecule has 0 amide bonds. The Morgan fingerprint density at radius 1 is 1.29 bits per heavy atom. The van der Waals surface area contributed by atoms with Gasteiger partial charge in [0.1, 0.15) is 0 Å². The SMILES string of the molecule is [CH3][SbH]1([Br])[CH2]CC[CH2]1. The Morgan fingerprint density at radius 3 is 1.86 bits per heavy atom. The molecule has 2 heteroatoms.